The minimum absolute atomic E-state index is 0.263. The number of allylic oxidation sites excluding steroid dienone is 2. The van der Waals surface area contributed by atoms with Gasteiger partial charge in [-0.05, 0) is 72.6 Å². The highest BCUT2D eigenvalue weighted by Gasteiger charge is 2.34. The molecule has 1 saturated carbocycles. The molecule has 0 bridgehead atoms. The maximum atomic E-state index is 13.3. The van der Waals surface area contributed by atoms with Crippen LogP contribution in [0.3, 0.4) is 0 Å². The summed E-state index contributed by atoms with van der Waals surface area (Å²) in [7, 11) is -0.695. The molecule has 2 fully saturated rings. The topological polar surface area (TPSA) is 58.7 Å². The van der Waals surface area contributed by atoms with Crippen molar-refractivity contribution in [1.29, 1.82) is 0 Å². The van der Waals surface area contributed by atoms with E-state index in [1.807, 2.05) is 6.21 Å². The normalized spacial score (nSPS) is 24.3. The van der Waals surface area contributed by atoms with E-state index in [0.29, 0.717) is 11.6 Å². The van der Waals surface area contributed by atoms with Gasteiger partial charge in [0.1, 0.15) is 5.82 Å². The van der Waals surface area contributed by atoms with Crippen molar-refractivity contribution in [3.8, 4) is 0 Å². The Morgan fingerprint density at radius 1 is 1.12 bits per heavy atom. The largest absolute Gasteiger partial charge is 0.401 e. The van der Waals surface area contributed by atoms with Gasteiger partial charge in [-0.3, -0.25) is 9.20 Å². The predicted molar refractivity (Wildman–Crippen MR) is 142 cm³/mol. The van der Waals surface area contributed by atoms with Gasteiger partial charge in [-0.15, -0.1) is 0 Å². The fourth-order valence-electron chi connectivity index (χ4n) is 5.06. The quantitative estimate of drug-likeness (QED) is 0.539. The first-order chi connectivity index (χ1) is 16.2. The summed E-state index contributed by atoms with van der Waals surface area (Å²) >= 11 is 0. The summed E-state index contributed by atoms with van der Waals surface area (Å²) in [5.74, 6) is 1.97. The molecule has 0 amide bonds. The lowest BCUT2D eigenvalue weighted by Crippen LogP contribution is -2.37. The highest BCUT2D eigenvalue weighted by molar-refractivity contribution is 7.85. The third-order valence-corrected chi connectivity index (χ3v) is 8.61. The van der Waals surface area contributed by atoms with E-state index in [1.165, 1.54) is 18.6 Å². The average molecular weight is 482 g/mol. The Labute approximate surface area is 205 Å². The van der Waals surface area contributed by atoms with Gasteiger partial charge in [-0.25, -0.2) is 4.39 Å². The number of hydrogen-bond donors (Lipinski definition) is 1. The molecule has 0 spiro atoms. The molecule has 1 heterocycles. The van der Waals surface area contributed by atoms with Crippen LogP contribution in [0.4, 0.5) is 15.8 Å². The summed E-state index contributed by atoms with van der Waals surface area (Å²) < 4.78 is 25.1. The van der Waals surface area contributed by atoms with Gasteiger partial charge in [-0.1, -0.05) is 32.9 Å². The molecule has 2 atom stereocenters. The van der Waals surface area contributed by atoms with Gasteiger partial charge in [-0.2, -0.15) is 0 Å². The minimum atomic E-state index is -0.695. The number of nitrogens with zero attached hydrogens (tertiary/aromatic N) is 2. The number of hydrogen-bond acceptors (Lipinski definition) is 4. The number of nitrogens with two attached hydrogens (primary N) is 1. The third-order valence-electron chi connectivity index (χ3n) is 7.34. The molecule has 4 rings (SSSR count). The van der Waals surface area contributed by atoms with E-state index in [4.69, 9.17) is 5.73 Å². The highest BCUT2D eigenvalue weighted by atomic mass is 32.2. The zero-order valence-electron chi connectivity index (χ0n) is 20.5. The van der Waals surface area contributed by atoms with Crippen LogP contribution < -0.4 is 10.6 Å². The van der Waals surface area contributed by atoms with Crippen molar-refractivity contribution in [2.24, 2.45) is 28.0 Å². The van der Waals surface area contributed by atoms with Gasteiger partial charge in [0.15, 0.2) is 0 Å². The molecule has 2 N–H and O–H groups in total. The summed E-state index contributed by atoms with van der Waals surface area (Å²) in [6, 6.07) is 14.7. The molecule has 1 saturated heterocycles. The Morgan fingerprint density at radius 2 is 1.76 bits per heavy atom. The zero-order chi connectivity index (χ0) is 24.3. The second-order valence-corrected chi connectivity index (χ2v) is 12.2. The van der Waals surface area contributed by atoms with Crippen LogP contribution in [0.2, 0.25) is 0 Å². The average Bonchev–Trinajstić information content (AvgIpc) is 2.83. The first-order valence-electron chi connectivity index (χ1n) is 12.2. The molecule has 182 valence electrons. The Bertz CT molecular complexity index is 1070. The Kier molecular flexibility index (Phi) is 7.56. The van der Waals surface area contributed by atoms with Crippen molar-refractivity contribution in [3.63, 3.8) is 0 Å². The lowest BCUT2D eigenvalue weighted by Gasteiger charge is -2.40. The summed E-state index contributed by atoms with van der Waals surface area (Å²) in [5, 5.41) is 0. The molecule has 6 heteroatoms. The van der Waals surface area contributed by atoms with E-state index >= 15 is 0 Å². The number of rotatable bonds is 5. The van der Waals surface area contributed by atoms with Crippen LogP contribution in [0, 0.1) is 23.1 Å². The monoisotopic (exact) mass is 481 g/mol. The van der Waals surface area contributed by atoms with Crippen LogP contribution in [-0.2, 0) is 10.8 Å². The molecule has 1 aliphatic heterocycles. The van der Waals surface area contributed by atoms with Crippen molar-refractivity contribution >= 4 is 34.0 Å². The first-order valence-corrected chi connectivity index (χ1v) is 13.7. The van der Waals surface area contributed by atoms with Crippen LogP contribution in [-0.4, -0.2) is 35.0 Å². The van der Waals surface area contributed by atoms with E-state index < -0.39 is 10.8 Å². The molecule has 2 aromatic rings. The van der Waals surface area contributed by atoms with Gasteiger partial charge >= 0.3 is 0 Å². The smallest absolute Gasteiger partial charge is 0.123 e. The van der Waals surface area contributed by atoms with Gasteiger partial charge in [0, 0.05) is 64.5 Å². The van der Waals surface area contributed by atoms with E-state index in [2.05, 4.69) is 54.9 Å². The van der Waals surface area contributed by atoms with Crippen LogP contribution in [0.5, 0.6) is 0 Å². The Balaban J connectivity index is 1.67. The van der Waals surface area contributed by atoms with E-state index in [0.717, 1.165) is 60.0 Å². The second kappa shape index (κ2) is 10.4. The molecule has 0 radical (unpaired) electrons. The molecule has 2 aromatic carbocycles. The number of benzene rings is 2. The highest BCUT2D eigenvalue weighted by Crippen LogP contribution is 2.44. The van der Waals surface area contributed by atoms with Crippen molar-refractivity contribution in [2.75, 3.05) is 29.5 Å². The first kappa shape index (κ1) is 24.6. The van der Waals surface area contributed by atoms with E-state index in [-0.39, 0.29) is 17.2 Å². The fourth-order valence-corrected chi connectivity index (χ4v) is 6.12. The summed E-state index contributed by atoms with van der Waals surface area (Å²) in [4.78, 5) is 6.94. The lowest BCUT2D eigenvalue weighted by atomic mass is 9.66. The molecule has 1 aliphatic carbocycles. The molecular weight excluding hydrogens is 445 g/mol. The molecule has 34 heavy (non-hydrogen) atoms. The molecule has 2 aliphatic rings. The van der Waals surface area contributed by atoms with Crippen molar-refractivity contribution < 1.29 is 8.60 Å². The Hall–Kier alpha value is -2.47. The van der Waals surface area contributed by atoms with Crippen LogP contribution in [0.15, 0.2) is 59.2 Å². The van der Waals surface area contributed by atoms with Crippen molar-refractivity contribution in [1.82, 2.24) is 0 Å². The van der Waals surface area contributed by atoms with Crippen LogP contribution >= 0.6 is 0 Å². The maximum absolute atomic E-state index is 13.3. The van der Waals surface area contributed by atoms with Crippen LogP contribution in [0.25, 0.3) is 5.57 Å². The van der Waals surface area contributed by atoms with Gasteiger partial charge in [0.25, 0.3) is 0 Å². The van der Waals surface area contributed by atoms with Gasteiger partial charge in [0.2, 0.25) is 0 Å². The van der Waals surface area contributed by atoms with Gasteiger partial charge < -0.3 is 10.6 Å². The molecule has 4 nitrogen and oxygen atoms in total. The van der Waals surface area contributed by atoms with E-state index in [1.54, 1.807) is 12.1 Å². The summed E-state index contributed by atoms with van der Waals surface area (Å²) in [5.41, 5.74) is 11.9. The van der Waals surface area contributed by atoms with Gasteiger partial charge in [0.05, 0.1) is 5.69 Å². The van der Waals surface area contributed by atoms with Crippen molar-refractivity contribution in [2.45, 2.75) is 40.0 Å². The lowest BCUT2D eigenvalue weighted by molar-refractivity contribution is 0.149. The van der Waals surface area contributed by atoms with Crippen LogP contribution in [0.1, 0.15) is 45.6 Å². The summed E-state index contributed by atoms with van der Waals surface area (Å²) in [6.45, 7) is 8.58. The van der Waals surface area contributed by atoms with Crippen molar-refractivity contribution in [3.05, 3.63) is 65.6 Å². The number of anilines is 1. The predicted octanol–water partition coefficient (Wildman–Crippen LogP) is 5.93. The summed E-state index contributed by atoms with van der Waals surface area (Å²) in [6.07, 6.45) is 5.27. The second-order valence-electron chi connectivity index (χ2n) is 10.5. The maximum Gasteiger partial charge on any atom is 0.123 e. The molecule has 2 unspecified atom stereocenters. The molecule has 0 aromatic heterocycles. The van der Waals surface area contributed by atoms with E-state index in [9.17, 15) is 8.60 Å². The minimum Gasteiger partial charge on any atom is -0.401 e. The standard InChI is InChI=1S/C28H36FN3OS/c1-20-12-13-28(2,3)18-25(20)27(30)26(19-31-23-8-6-22(29)7-9-23)21-4-10-24(11-5-21)32-14-16-34(33)17-15-32/h4-11,19-20,25H,12-18,30H2,1-3H3. The SMILES string of the molecule is CC1CCC(C)(C)CC1C(N)=C(C=Nc1ccc(F)cc1)c1ccc(N2CCS(=O)CC2)cc1. The molecular formula is C28H36FN3OS. The third kappa shape index (κ3) is 5.96. The number of halogens is 1. The zero-order valence-corrected chi connectivity index (χ0v) is 21.3. The fraction of sp³-hybridized carbons (Fsp3) is 0.464. The Morgan fingerprint density at radius 3 is 2.41 bits per heavy atom. The number of aliphatic imine (C=N–C) groups is 1.